The number of carbonyl (C=O) groups is 1. The molecule has 0 aliphatic heterocycles. The number of aromatic nitrogens is 2. The lowest BCUT2D eigenvalue weighted by Gasteiger charge is -2.18. The minimum atomic E-state index is -0.441. The van der Waals surface area contributed by atoms with E-state index in [4.69, 9.17) is 34.8 Å². The van der Waals surface area contributed by atoms with E-state index in [1.807, 2.05) is 13.8 Å². The number of fused-ring (bicyclic) bond motifs is 1. The minimum absolute atomic E-state index is 0.0622. The molecular weight excluding hydrogens is 333 g/mol. The molecule has 1 unspecified atom stereocenters. The number of rotatable bonds is 4. The first kappa shape index (κ1) is 16.4. The molecule has 0 saturated carbocycles. The summed E-state index contributed by atoms with van der Waals surface area (Å²) in [5.74, 6) is 0.710. The fourth-order valence-corrected chi connectivity index (χ4v) is 2.69. The van der Waals surface area contributed by atoms with Crippen LogP contribution in [0.1, 0.15) is 32.6 Å². The average Bonchev–Trinajstić information content (AvgIpc) is 2.75. The molecule has 1 heterocycles. The molecule has 0 radical (unpaired) electrons. The summed E-state index contributed by atoms with van der Waals surface area (Å²) in [6.07, 6.45) is 0. The Hall–Kier alpha value is -0.970. The van der Waals surface area contributed by atoms with Crippen molar-refractivity contribution in [3.8, 4) is 0 Å². The summed E-state index contributed by atoms with van der Waals surface area (Å²) >= 11 is 18.0. The number of hydrogen-bond donors (Lipinski definition) is 1. The Labute approximate surface area is 138 Å². The third-order valence-corrected chi connectivity index (χ3v) is 4.08. The van der Waals surface area contributed by atoms with Gasteiger partial charge >= 0.3 is 0 Å². The minimum Gasteiger partial charge on any atom is -0.352 e. The van der Waals surface area contributed by atoms with Crippen LogP contribution in [0, 0.1) is 0 Å². The van der Waals surface area contributed by atoms with Crippen molar-refractivity contribution in [2.24, 2.45) is 0 Å². The molecule has 1 aromatic heterocycles. The smallest absolute Gasteiger partial charge is 0.243 e. The average molecular weight is 349 g/mol. The molecule has 0 fully saturated rings. The Morgan fingerprint density at radius 3 is 2.48 bits per heavy atom. The first-order valence-corrected chi connectivity index (χ1v) is 7.86. The zero-order valence-corrected chi connectivity index (χ0v) is 14.2. The highest BCUT2D eigenvalue weighted by Gasteiger charge is 2.22. The van der Waals surface area contributed by atoms with E-state index in [2.05, 4.69) is 10.3 Å². The molecule has 0 aliphatic rings. The van der Waals surface area contributed by atoms with Crippen LogP contribution in [-0.2, 0) is 10.7 Å². The van der Waals surface area contributed by atoms with Crippen LogP contribution in [0.15, 0.2) is 12.1 Å². The van der Waals surface area contributed by atoms with Crippen molar-refractivity contribution in [3.63, 3.8) is 0 Å². The first-order chi connectivity index (χ1) is 9.85. The number of carbonyl (C=O) groups excluding carboxylic acids is 1. The summed E-state index contributed by atoms with van der Waals surface area (Å²) in [5, 5.41) is 3.73. The van der Waals surface area contributed by atoms with E-state index >= 15 is 0 Å². The summed E-state index contributed by atoms with van der Waals surface area (Å²) in [6, 6.07) is 3.01. The monoisotopic (exact) mass is 347 g/mol. The molecule has 1 aromatic carbocycles. The summed E-state index contributed by atoms with van der Waals surface area (Å²) < 4.78 is 1.79. The van der Waals surface area contributed by atoms with Crippen LogP contribution in [0.3, 0.4) is 0 Å². The molecule has 2 aromatic rings. The van der Waals surface area contributed by atoms with Gasteiger partial charge in [0.25, 0.3) is 0 Å². The molecule has 0 spiro atoms. The third-order valence-electron chi connectivity index (χ3n) is 3.12. The highest BCUT2D eigenvalue weighted by molar-refractivity contribution is 6.42. The topological polar surface area (TPSA) is 46.9 Å². The fourth-order valence-electron chi connectivity index (χ4n) is 2.19. The lowest BCUT2D eigenvalue weighted by atomic mass is 10.2. The number of halogens is 3. The number of alkyl halides is 1. The number of benzene rings is 1. The van der Waals surface area contributed by atoms with Crippen molar-refractivity contribution in [1.29, 1.82) is 0 Å². The van der Waals surface area contributed by atoms with Gasteiger partial charge in [-0.2, -0.15) is 0 Å². The van der Waals surface area contributed by atoms with Crippen molar-refractivity contribution < 1.29 is 4.79 Å². The van der Waals surface area contributed by atoms with Crippen molar-refractivity contribution in [2.75, 3.05) is 0 Å². The number of hydrogen-bond acceptors (Lipinski definition) is 2. The lowest BCUT2D eigenvalue weighted by Crippen LogP contribution is -2.36. The zero-order chi connectivity index (χ0) is 15.7. The van der Waals surface area contributed by atoms with Gasteiger partial charge in [-0.05, 0) is 32.9 Å². The first-order valence-electron chi connectivity index (χ1n) is 6.57. The predicted molar refractivity (Wildman–Crippen MR) is 87.3 cm³/mol. The van der Waals surface area contributed by atoms with Gasteiger partial charge in [0, 0.05) is 6.04 Å². The number of imidazole rings is 1. The van der Waals surface area contributed by atoms with Crippen LogP contribution in [0.4, 0.5) is 0 Å². The van der Waals surface area contributed by atoms with Crippen LogP contribution in [0.2, 0.25) is 10.0 Å². The van der Waals surface area contributed by atoms with E-state index in [0.29, 0.717) is 21.4 Å². The SMILES string of the molecule is CC(C)NC(=O)C(C)n1c(CCl)nc2cc(Cl)c(Cl)cc21. The van der Waals surface area contributed by atoms with E-state index in [1.54, 1.807) is 23.6 Å². The second kappa shape index (κ2) is 6.42. The van der Waals surface area contributed by atoms with Crippen molar-refractivity contribution in [2.45, 2.75) is 38.7 Å². The Bertz CT molecular complexity index is 682. The van der Waals surface area contributed by atoms with Gasteiger partial charge in [-0.25, -0.2) is 4.98 Å². The second-order valence-electron chi connectivity index (χ2n) is 5.13. The summed E-state index contributed by atoms with van der Waals surface area (Å²) in [6.45, 7) is 5.63. The standard InChI is InChI=1S/C14H16Cl3N3O/c1-7(2)18-14(21)8(3)20-12-5-10(17)9(16)4-11(12)19-13(20)6-15/h4-5,7-8H,6H2,1-3H3,(H,18,21). The van der Waals surface area contributed by atoms with E-state index in [-0.39, 0.29) is 17.8 Å². The molecule has 7 heteroatoms. The van der Waals surface area contributed by atoms with Gasteiger partial charge in [0.2, 0.25) is 5.91 Å². The maximum absolute atomic E-state index is 12.3. The van der Waals surface area contributed by atoms with E-state index < -0.39 is 6.04 Å². The molecule has 0 aliphatic carbocycles. The van der Waals surface area contributed by atoms with Crippen LogP contribution in [-0.4, -0.2) is 21.5 Å². The van der Waals surface area contributed by atoms with E-state index in [1.165, 1.54) is 0 Å². The Balaban J connectivity index is 2.55. The maximum Gasteiger partial charge on any atom is 0.243 e. The molecule has 2 rings (SSSR count). The van der Waals surface area contributed by atoms with Gasteiger partial charge in [0.05, 0.1) is 27.0 Å². The van der Waals surface area contributed by atoms with Crippen LogP contribution in [0.25, 0.3) is 11.0 Å². The molecule has 1 amide bonds. The van der Waals surface area contributed by atoms with Crippen LogP contribution >= 0.6 is 34.8 Å². The Morgan fingerprint density at radius 2 is 1.90 bits per heavy atom. The van der Waals surface area contributed by atoms with Gasteiger partial charge in [-0.3, -0.25) is 4.79 Å². The molecule has 1 atom stereocenters. The quantitative estimate of drug-likeness (QED) is 0.843. The van der Waals surface area contributed by atoms with Crippen LogP contribution in [0.5, 0.6) is 0 Å². The lowest BCUT2D eigenvalue weighted by molar-refractivity contribution is -0.124. The predicted octanol–water partition coefficient (Wildman–Crippen LogP) is 4.17. The van der Waals surface area contributed by atoms with Gasteiger partial charge in [0.1, 0.15) is 11.9 Å². The molecule has 21 heavy (non-hydrogen) atoms. The van der Waals surface area contributed by atoms with E-state index in [9.17, 15) is 4.79 Å². The van der Waals surface area contributed by atoms with Crippen molar-refractivity contribution in [3.05, 3.63) is 28.0 Å². The van der Waals surface area contributed by atoms with Gasteiger partial charge in [0.15, 0.2) is 0 Å². The largest absolute Gasteiger partial charge is 0.352 e. The van der Waals surface area contributed by atoms with Crippen LogP contribution < -0.4 is 5.32 Å². The Morgan fingerprint density at radius 1 is 1.29 bits per heavy atom. The summed E-state index contributed by atoms with van der Waals surface area (Å²) in [7, 11) is 0. The number of nitrogens with zero attached hydrogens (tertiary/aromatic N) is 2. The fraction of sp³-hybridized carbons (Fsp3) is 0.429. The molecule has 1 N–H and O–H groups in total. The van der Waals surface area contributed by atoms with Gasteiger partial charge in [-0.1, -0.05) is 23.2 Å². The molecule has 4 nitrogen and oxygen atoms in total. The molecule has 0 bridgehead atoms. The third kappa shape index (κ3) is 3.28. The zero-order valence-electron chi connectivity index (χ0n) is 12.0. The number of amides is 1. The van der Waals surface area contributed by atoms with E-state index in [0.717, 1.165) is 5.52 Å². The maximum atomic E-state index is 12.3. The summed E-state index contributed by atoms with van der Waals surface area (Å²) in [4.78, 5) is 16.7. The summed E-state index contributed by atoms with van der Waals surface area (Å²) in [5.41, 5.74) is 1.41. The highest BCUT2D eigenvalue weighted by atomic mass is 35.5. The van der Waals surface area contributed by atoms with Crippen molar-refractivity contribution in [1.82, 2.24) is 14.9 Å². The molecular formula is C14H16Cl3N3O. The van der Waals surface area contributed by atoms with Crippen molar-refractivity contribution >= 4 is 51.7 Å². The Kier molecular flexibility index (Phi) is 5.02. The normalized spacial score (nSPS) is 12.9. The molecule has 114 valence electrons. The second-order valence-corrected chi connectivity index (χ2v) is 6.21. The number of nitrogens with one attached hydrogen (secondary N) is 1. The molecule has 0 saturated heterocycles. The highest BCUT2D eigenvalue weighted by Crippen LogP contribution is 2.30. The van der Waals surface area contributed by atoms with Gasteiger partial charge in [-0.15, -0.1) is 11.6 Å². The van der Waals surface area contributed by atoms with Gasteiger partial charge < -0.3 is 9.88 Å².